The van der Waals surface area contributed by atoms with Crippen LogP contribution in [0.2, 0.25) is 0 Å². The molecule has 0 atom stereocenters. The van der Waals surface area contributed by atoms with Crippen LogP contribution in [0.4, 0.5) is 4.39 Å². The maximum Gasteiger partial charge on any atom is 0.257 e. The van der Waals surface area contributed by atoms with Crippen molar-refractivity contribution in [1.29, 1.82) is 0 Å². The lowest BCUT2D eigenvalue weighted by atomic mass is 10.6. The van der Waals surface area contributed by atoms with Crippen LogP contribution in [0.25, 0.3) is 5.78 Å². The number of nitrogens with zero attached hydrogens (tertiary/aromatic N) is 4. The highest BCUT2D eigenvalue weighted by atomic mass is 35.5. The largest absolute Gasteiger partial charge is 0.257 e. The van der Waals surface area contributed by atoms with E-state index in [9.17, 15) is 4.39 Å². The Morgan fingerprint density at radius 1 is 1.50 bits per heavy atom. The van der Waals surface area contributed by atoms with Crippen LogP contribution >= 0.6 is 11.6 Å². The molecule has 0 unspecified atom stereocenters. The molecule has 12 heavy (non-hydrogen) atoms. The summed E-state index contributed by atoms with van der Waals surface area (Å²) in [5.41, 5.74) is 0. The van der Waals surface area contributed by atoms with Gasteiger partial charge < -0.3 is 0 Å². The smallest absolute Gasteiger partial charge is 0.237 e. The van der Waals surface area contributed by atoms with Crippen LogP contribution in [0.5, 0.6) is 0 Å². The highest BCUT2D eigenvalue weighted by Gasteiger charge is 2.07. The van der Waals surface area contributed by atoms with E-state index in [4.69, 9.17) is 11.6 Å². The third-order valence-corrected chi connectivity index (χ3v) is 1.69. The zero-order valence-electron chi connectivity index (χ0n) is 5.91. The van der Waals surface area contributed by atoms with Gasteiger partial charge in [-0.3, -0.25) is 0 Å². The standard InChI is InChI=1S/C6H4ClFN4/c7-3-5-10-11-6-9-2-1-4(8)12(5)6/h1-2H,3H2. The summed E-state index contributed by atoms with van der Waals surface area (Å²) < 4.78 is 14.2. The zero-order chi connectivity index (χ0) is 8.55. The van der Waals surface area contributed by atoms with E-state index in [0.717, 1.165) is 0 Å². The first kappa shape index (κ1) is 7.42. The van der Waals surface area contributed by atoms with Gasteiger partial charge in [0.15, 0.2) is 5.82 Å². The molecule has 2 aromatic heterocycles. The first-order chi connectivity index (χ1) is 5.83. The average molecular weight is 187 g/mol. The third-order valence-electron chi connectivity index (χ3n) is 1.45. The summed E-state index contributed by atoms with van der Waals surface area (Å²) >= 11 is 5.50. The Kier molecular flexibility index (Phi) is 1.65. The number of alkyl halides is 1. The van der Waals surface area contributed by atoms with E-state index < -0.39 is 5.95 Å². The molecule has 0 aromatic carbocycles. The fraction of sp³-hybridized carbons (Fsp3) is 0.167. The number of hydrogen-bond donors (Lipinski definition) is 0. The predicted octanol–water partition coefficient (Wildman–Crippen LogP) is 1.00. The van der Waals surface area contributed by atoms with Crippen LogP contribution in [-0.4, -0.2) is 19.6 Å². The van der Waals surface area contributed by atoms with Crippen molar-refractivity contribution in [2.24, 2.45) is 0 Å². The van der Waals surface area contributed by atoms with Crippen LogP contribution in [0.15, 0.2) is 12.3 Å². The Morgan fingerprint density at radius 3 is 3.08 bits per heavy atom. The average Bonchev–Trinajstić information content (AvgIpc) is 2.49. The summed E-state index contributed by atoms with van der Waals surface area (Å²) in [4.78, 5) is 3.80. The second-order valence-electron chi connectivity index (χ2n) is 2.15. The Morgan fingerprint density at radius 2 is 2.33 bits per heavy atom. The van der Waals surface area contributed by atoms with Crippen molar-refractivity contribution in [3.63, 3.8) is 0 Å². The molecule has 2 rings (SSSR count). The Bertz CT molecular complexity index is 413. The lowest BCUT2D eigenvalue weighted by Gasteiger charge is -1.94. The summed E-state index contributed by atoms with van der Waals surface area (Å²) in [5, 5.41) is 7.28. The SMILES string of the molecule is Fc1ccnc2nnc(CCl)n12. The first-order valence-electron chi connectivity index (χ1n) is 3.23. The van der Waals surface area contributed by atoms with Gasteiger partial charge in [0, 0.05) is 12.3 Å². The normalized spacial score (nSPS) is 10.8. The molecule has 0 fully saturated rings. The Hall–Kier alpha value is -1.23. The summed E-state index contributed by atoms with van der Waals surface area (Å²) in [5.74, 6) is 0.243. The molecule has 0 saturated carbocycles. The molecule has 0 spiro atoms. The van der Waals surface area contributed by atoms with Crippen LogP contribution in [0.3, 0.4) is 0 Å². The number of aromatic nitrogens is 4. The second-order valence-corrected chi connectivity index (χ2v) is 2.42. The lowest BCUT2D eigenvalue weighted by Crippen LogP contribution is -1.97. The van der Waals surface area contributed by atoms with Gasteiger partial charge in [-0.25, -0.2) is 9.38 Å². The minimum atomic E-state index is -0.458. The van der Waals surface area contributed by atoms with Gasteiger partial charge in [-0.2, -0.15) is 4.39 Å². The van der Waals surface area contributed by atoms with E-state index in [1.807, 2.05) is 0 Å². The van der Waals surface area contributed by atoms with E-state index in [1.54, 1.807) is 0 Å². The molecule has 0 N–H and O–H groups in total. The summed E-state index contributed by atoms with van der Waals surface area (Å²) in [6, 6.07) is 1.23. The van der Waals surface area contributed by atoms with E-state index >= 15 is 0 Å². The van der Waals surface area contributed by atoms with E-state index in [1.165, 1.54) is 16.7 Å². The molecule has 6 heteroatoms. The highest BCUT2D eigenvalue weighted by molar-refractivity contribution is 6.16. The third kappa shape index (κ3) is 0.937. The van der Waals surface area contributed by atoms with Gasteiger partial charge in [0.05, 0.1) is 5.88 Å². The van der Waals surface area contributed by atoms with E-state index in [2.05, 4.69) is 15.2 Å². The van der Waals surface area contributed by atoms with Crippen molar-refractivity contribution < 1.29 is 4.39 Å². The monoisotopic (exact) mass is 186 g/mol. The fourth-order valence-corrected chi connectivity index (χ4v) is 1.11. The maximum absolute atomic E-state index is 13.1. The van der Waals surface area contributed by atoms with Gasteiger partial charge in [-0.05, 0) is 0 Å². The van der Waals surface area contributed by atoms with Gasteiger partial charge in [0.2, 0.25) is 5.95 Å². The van der Waals surface area contributed by atoms with Crippen molar-refractivity contribution in [2.45, 2.75) is 5.88 Å². The van der Waals surface area contributed by atoms with Gasteiger partial charge in [0.1, 0.15) is 0 Å². The molecule has 62 valence electrons. The van der Waals surface area contributed by atoms with Crippen LogP contribution in [0, 0.1) is 5.95 Å². The van der Waals surface area contributed by atoms with Crippen molar-refractivity contribution >= 4 is 17.4 Å². The molecular formula is C6H4ClFN4. The molecule has 2 heterocycles. The number of rotatable bonds is 1. The van der Waals surface area contributed by atoms with Crippen LogP contribution < -0.4 is 0 Å². The molecule has 0 aliphatic carbocycles. The van der Waals surface area contributed by atoms with Gasteiger partial charge in [0.25, 0.3) is 5.78 Å². The van der Waals surface area contributed by atoms with E-state index in [-0.39, 0.29) is 11.7 Å². The molecule has 0 saturated heterocycles. The molecule has 0 bridgehead atoms. The zero-order valence-corrected chi connectivity index (χ0v) is 6.66. The van der Waals surface area contributed by atoms with Crippen molar-refractivity contribution in [3.8, 4) is 0 Å². The minimum absolute atomic E-state index is 0.115. The molecule has 0 aliphatic rings. The predicted molar refractivity (Wildman–Crippen MR) is 40.3 cm³/mol. The summed E-state index contributed by atoms with van der Waals surface area (Å²) in [7, 11) is 0. The summed E-state index contributed by atoms with van der Waals surface area (Å²) in [6.07, 6.45) is 1.33. The second kappa shape index (κ2) is 2.67. The Balaban J connectivity index is 2.83. The molecule has 4 nitrogen and oxygen atoms in total. The fourth-order valence-electron chi connectivity index (χ4n) is 0.936. The lowest BCUT2D eigenvalue weighted by molar-refractivity contribution is 0.558. The van der Waals surface area contributed by atoms with Crippen LogP contribution in [0.1, 0.15) is 5.82 Å². The molecule has 0 aliphatic heterocycles. The topological polar surface area (TPSA) is 43.1 Å². The minimum Gasteiger partial charge on any atom is -0.237 e. The number of fused-ring (bicyclic) bond motifs is 1. The Labute approximate surface area is 72.0 Å². The first-order valence-corrected chi connectivity index (χ1v) is 3.77. The van der Waals surface area contributed by atoms with Gasteiger partial charge >= 0.3 is 0 Å². The summed E-state index contributed by atoms with van der Waals surface area (Å²) in [6.45, 7) is 0. The highest BCUT2D eigenvalue weighted by Crippen LogP contribution is 2.05. The molecular weight excluding hydrogens is 183 g/mol. The van der Waals surface area contributed by atoms with Gasteiger partial charge in [-0.1, -0.05) is 0 Å². The molecule has 0 radical (unpaired) electrons. The van der Waals surface area contributed by atoms with Crippen molar-refractivity contribution in [1.82, 2.24) is 19.6 Å². The quantitative estimate of drug-likeness (QED) is 0.493. The number of halogens is 2. The maximum atomic E-state index is 13.1. The van der Waals surface area contributed by atoms with Crippen molar-refractivity contribution in [3.05, 3.63) is 24.0 Å². The van der Waals surface area contributed by atoms with Crippen molar-refractivity contribution in [2.75, 3.05) is 0 Å². The van der Waals surface area contributed by atoms with E-state index in [0.29, 0.717) is 5.82 Å². The van der Waals surface area contributed by atoms with Crippen LogP contribution in [-0.2, 0) is 5.88 Å². The molecule has 0 amide bonds. The molecule has 2 aromatic rings. The number of hydrogen-bond acceptors (Lipinski definition) is 3. The van der Waals surface area contributed by atoms with Gasteiger partial charge in [-0.15, -0.1) is 21.8 Å².